The van der Waals surface area contributed by atoms with Crippen molar-refractivity contribution in [3.63, 3.8) is 0 Å². The van der Waals surface area contributed by atoms with Crippen LogP contribution < -0.4 is 10.6 Å². The van der Waals surface area contributed by atoms with Crippen molar-refractivity contribution < 1.29 is 4.79 Å². The minimum atomic E-state index is -0.0645. The number of pyridine rings is 1. The first-order chi connectivity index (χ1) is 12.7. The minimum absolute atomic E-state index is 0.0645. The number of aromatic nitrogens is 2. The van der Waals surface area contributed by atoms with Crippen molar-refractivity contribution in [1.29, 1.82) is 5.26 Å². The average Bonchev–Trinajstić information content (AvgIpc) is 3.30. The molecule has 1 aliphatic rings. The molecule has 0 saturated carbocycles. The Morgan fingerprint density at radius 3 is 3.12 bits per heavy atom. The molecule has 1 aliphatic heterocycles. The lowest BCUT2D eigenvalue weighted by atomic mass is 10.1. The number of benzene rings is 1. The first-order valence-electron chi connectivity index (χ1n) is 8.47. The molecule has 3 heterocycles. The number of amides is 1. The van der Waals surface area contributed by atoms with E-state index in [-0.39, 0.29) is 11.9 Å². The Labute approximate surface area is 154 Å². The molecule has 4 rings (SSSR count). The lowest BCUT2D eigenvalue weighted by Crippen LogP contribution is -2.36. The molecule has 130 valence electrons. The lowest BCUT2D eigenvalue weighted by molar-refractivity contribution is 0.0940. The zero-order chi connectivity index (χ0) is 17.9. The summed E-state index contributed by atoms with van der Waals surface area (Å²) in [7, 11) is 0. The number of rotatable bonds is 4. The molecule has 1 fully saturated rings. The van der Waals surface area contributed by atoms with E-state index in [1.165, 1.54) is 0 Å². The Hall–Kier alpha value is -2.82. The van der Waals surface area contributed by atoms with Crippen LogP contribution in [0.2, 0.25) is 0 Å². The van der Waals surface area contributed by atoms with Gasteiger partial charge in [0.15, 0.2) is 0 Å². The van der Waals surface area contributed by atoms with Crippen LogP contribution in [-0.2, 0) is 6.42 Å². The summed E-state index contributed by atoms with van der Waals surface area (Å²) in [5.41, 5.74) is 2.94. The number of hydrogen-bond acceptors (Lipinski definition) is 6. The molecule has 0 bridgehead atoms. The lowest BCUT2D eigenvalue weighted by Gasteiger charge is -2.11. The van der Waals surface area contributed by atoms with Gasteiger partial charge in [0, 0.05) is 36.5 Å². The second-order valence-corrected chi connectivity index (χ2v) is 7.39. The van der Waals surface area contributed by atoms with Crippen LogP contribution in [0.25, 0.3) is 10.2 Å². The Bertz CT molecular complexity index is 1000. The van der Waals surface area contributed by atoms with Gasteiger partial charge in [0.25, 0.3) is 5.91 Å². The number of nitrogens with zero attached hydrogens (tertiary/aromatic N) is 3. The fraction of sp³-hybridized carbons (Fsp3) is 0.263. The van der Waals surface area contributed by atoms with E-state index in [9.17, 15) is 4.79 Å². The molecule has 26 heavy (non-hydrogen) atoms. The highest BCUT2D eigenvalue weighted by Gasteiger charge is 2.18. The number of nitrogens with one attached hydrogen (secondary N) is 2. The van der Waals surface area contributed by atoms with Gasteiger partial charge in [0.2, 0.25) is 0 Å². The van der Waals surface area contributed by atoms with Gasteiger partial charge in [-0.05, 0) is 43.3 Å². The molecule has 1 amide bonds. The second-order valence-electron chi connectivity index (χ2n) is 6.28. The van der Waals surface area contributed by atoms with E-state index in [0.29, 0.717) is 17.5 Å². The first kappa shape index (κ1) is 16.6. The summed E-state index contributed by atoms with van der Waals surface area (Å²) < 4.78 is 0.988. The van der Waals surface area contributed by atoms with Gasteiger partial charge < -0.3 is 10.6 Å². The van der Waals surface area contributed by atoms with Gasteiger partial charge >= 0.3 is 0 Å². The molecule has 6 nitrogen and oxygen atoms in total. The summed E-state index contributed by atoms with van der Waals surface area (Å²) in [5.74, 6) is -0.0645. The molecular formula is C19H17N5OS. The summed E-state index contributed by atoms with van der Waals surface area (Å²) in [5, 5.41) is 16.2. The van der Waals surface area contributed by atoms with E-state index in [0.717, 1.165) is 40.4 Å². The number of thiazole rings is 1. The summed E-state index contributed by atoms with van der Waals surface area (Å²) in [6.45, 7) is 1.76. The largest absolute Gasteiger partial charge is 0.348 e. The Morgan fingerprint density at radius 1 is 1.38 bits per heavy atom. The molecule has 1 aromatic carbocycles. The van der Waals surface area contributed by atoms with Crippen LogP contribution in [0.4, 0.5) is 0 Å². The van der Waals surface area contributed by atoms with Gasteiger partial charge in [-0.1, -0.05) is 0 Å². The Kier molecular flexibility index (Phi) is 4.61. The van der Waals surface area contributed by atoms with Crippen molar-refractivity contribution in [2.75, 3.05) is 13.1 Å². The van der Waals surface area contributed by atoms with Crippen LogP contribution in [0.3, 0.4) is 0 Å². The Morgan fingerprint density at radius 2 is 2.31 bits per heavy atom. The normalized spacial score (nSPS) is 16.5. The Balaban J connectivity index is 1.51. The molecular weight excluding hydrogens is 346 g/mol. The fourth-order valence-electron chi connectivity index (χ4n) is 3.04. The van der Waals surface area contributed by atoms with E-state index >= 15 is 0 Å². The van der Waals surface area contributed by atoms with Gasteiger partial charge in [-0.2, -0.15) is 5.26 Å². The van der Waals surface area contributed by atoms with Crippen molar-refractivity contribution in [3.05, 3.63) is 58.4 Å². The maximum Gasteiger partial charge on any atom is 0.251 e. The highest BCUT2D eigenvalue weighted by molar-refractivity contribution is 7.18. The summed E-state index contributed by atoms with van der Waals surface area (Å²) in [4.78, 5) is 21.4. The predicted octanol–water partition coefficient (Wildman–Crippen LogP) is 2.25. The minimum Gasteiger partial charge on any atom is -0.348 e. The smallest absolute Gasteiger partial charge is 0.251 e. The van der Waals surface area contributed by atoms with Crippen molar-refractivity contribution in [2.24, 2.45) is 0 Å². The third-order valence-corrected chi connectivity index (χ3v) is 5.39. The molecule has 1 saturated heterocycles. The summed E-state index contributed by atoms with van der Waals surface area (Å²) >= 11 is 1.55. The quantitative estimate of drug-likeness (QED) is 0.742. The van der Waals surface area contributed by atoms with Crippen molar-refractivity contribution in [3.8, 4) is 6.07 Å². The third-order valence-electron chi connectivity index (χ3n) is 4.37. The van der Waals surface area contributed by atoms with Crippen molar-refractivity contribution in [2.45, 2.75) is 18.9 Å². The highest BCUT2D eigenvalue weighted by atomic mass is 32.1. The van der Waals surface area contributed by atoms with Crippen LogP contribution in [0.5, 0.6) is 0 Å². The van der Waals surface area contributed by atoms with Gasteiger partial charge in [0.1, 0.15) is 0 Å². The van der Waals surface area contributed by atoms with E-state index < -0.39 is 0 Å². The average molecular weight is 363 g/mol. The van der Waals surface area contributed by atoms with Gasteiger partial charge in [-0.15, -0.1) is 11.3 Å². The number of carbonyl (C=O) groups excluding carboxylic acids is 1. The van der Waals surface area contributed by atoms with Crippen LogP contribution in [0.15, 0.2) is 36.5 Å². The van der Waals surface area contributed by atoms with Crippen LogP contribution >= 0.6 is 11.3 Å². The summed E-state index contributed by atoms with van der Waals surface area (Å²) in [6.07, 6.45) is 3.19. The molecule has 7 heteroatoms. The van der Waals surface area contributed by atoms with Gasteiger partial charge in [0.05, 0.1) is 26.9 Å². The number of carbonyl (C=O) groups is 1. The summed E-state index contributed by atoms with van der Waals surface area (Å²) in [6, 6.07) is 11.4. The number of nitriles is 1. The zero-order valence-corrected chi connectivity index (χ0v) is 14.8. The monoisotopic (exact) mass is 363 g/mol. The fourth-order valence-corrected chi connectivity index (χ4v) is 4.06. The van der Waals surface area contributed by atoms with E-state index in [2.05, 4.69) is 26.7 Å². The number of fused-ring (bicyclic) bond motifs is 1. The molecule has 1 unspecified atom stereocenters. The van der Waals surface area contributed by atoms with Gasteiger partial charge in [-0.3, -0.25) is 9.78 Å². The van der Waals surface area contributed by atoms with E-state index in [1.54, 1.807) is 29.7 Å². The third kappa shape index (κ3) is 3.57. The molecule has 0 aliphatic carbocycles. The molecule has 2 aromatic heterocycles. The maximum atomic E-state index is 12.4. The zero-order valence-electron chi connectivity index (χ0n) is 14.0. The highest BCUT2D eigenvalue weighted by Crippen LogP contribution is 2.24. The van der Waals surface area contributed by atoms with Crippen molar-refractivity contribution >= 4 is 27.5 Å². The standard InChI is InChI=1S/C19H17N5OS/c20-10-12-1-2-16-17(7-12)26-18(24-16)9-15-8-13(3-6-22-15)19(25)23-14-4-5-21-11-14/h1-3,6-8,14,21H,4-5,9,11H2,(H,23,25). The first-order valence-corrected chi connectivity index (χ1v) is 9.29. The molecule has 0 spiro atoms. The molecule has 0 radical (unpaired) electrons. The topological polar surface area (TPSA) is 90.7 Å². The van der Waals surface area contributed by atoms with Gasteiger partial charge in [-0.25, -0.2) is 4.98 Å². The molecule has 1 atom stereocenters. The maximum absolute atomic E-state index is 12.4. The predicted molar refractivity (Wildman–Crippen MR) is 100 cm³/mol. The van der Waals surface area contributed by atoms with Crippen LogP contribution in [0.1, 0.15) is 33.0 Å². The van der Waals surface area contributed by atoms with E-state index in [4.69, 9.17) is 5.26 Å². The number of hydrogen-bond donors (Lipinski definition) is 2. The second kappa shape index (κ2) is 7.20. The van der Waals surface area contributed by atoms with Crippen molar-refractivity contribution in [1.82, 2.24) is 20.6 Å². The van der Waals surface area contributed by atoms with Crippen LogP contribution in [-0.4, -0.2) is 35.0 Å². The SMILES string of the molecule is N#Cc1ccc2nc(Cc3cc(C(=O)NC4CCNC4)ccn3)sc2c1. The molecule has 2 N–H and O–H groups in total. The molecule has 3 aromatic rings. The van der Waals surface area contributed by atoms with Crippen LogP contribution in [0, 0.1) is 11.3 Å². The van der Waals surface area contributed by atoms with E-state index in [1.807, 2.05) is 18.2 Å².